The van der Waals surface area contributed by atoms with Crippen molar-refractivity contribution in [3.63, 3.8) is 0 Å². The van der Waals surface area contributed by atoms with Gasteiger partial charge >= 0.3 is 12.1 Å². The van der Waals surface area contributed by atoms with E-state index in [1.54, 1.807) is 39.8 Å². The minimum atomic E-state index is -0.712. The summed E-state index contributed by atoms with van der Waals surface area (Å²) < 4.78 is 11.5. The van der Waals surface area contributed by atoms with Gasteiger partial charge in [-0.05, 0) is 45.9 Å². The van der Waals surface area contributed by atoms with Crippen molar-refractivity contribution < 1.29 is 19.1 Å². The van der Waals surface area contributed by atoms with Crippen molar-refractivity contribution in [3.05, 3.63) is 33.9 Å². The first-order valence-electron chi connectivity index (χ1n) is 7.05. The van der Waals surface area contributed by atoms with Gasteiger partial charge in [0.15, 0.2) is 0 Å². The van der Waals surface area contributed by atoms with Gasteiger partial charge in [0.1, 0.15) is 11.3 Å². The molecule has 0 fully saturated rings. The molecule has 7 heteroatoms. The first-order chi connectivity index (χ1) is 10.7. The molecule has 0 amide bonds. The molecule has 5 nitrogen and oxygen atoms in total. The van der Waals surface area contributed by atoms with Crippen molar-refractivity contribution in [2.75, 3.05) is 6.61 Å². The predicted molar refractivity (Wildman–Crippen MR) is 89.5 cm³/mol. The van der Waals surface area contributed by atoms with Gasteiger partial charge in [-0.3, -0.25) is 0 Å². The molecule has 2 aromatic rings. The lowest BCUT2D eigenvalue weighted by Gasteiger charge is -2.20. The van der Waals surface area contributed by atoms with Gasteiger partial charge in [-0.1, -0.05) is 23.2 Å². The molecule has 0 saturated carbocycles. The van der Waals surface area contributed by atoms with Crippen LogP contribution in [-0.4, -0.2) is 28.8 Å². The molecule has 23 heavy (non-hydrogen) atoms. The molecule has 0 aliphatic heterocycles. The summed E-state index contributed by atoms with van der Waals surface area (Å²) in [6.45, 7) is 7.09. The van der Waals surface area contributed by atoms with E-state index in [9.17, 15) is 9.59 Å². The number of aromatic nitrogens is 1. The molecule has 0 radical (unpaired) electrons. The Hall–Kier alpha value is -1.72. The zero-order valence-electron chi connectivity index (χ0n) is 13.3. The smallest absolute Gasteiger partial charge is 0.419 e. The highest BCUT2D eigenvalue weighted by Crippen LogP contribution is 2.33. The number of hydrogen-bond acceptors (Lipinski definition) is 4. The Morgan fingerprint density at radius 3 is 2.43 bits per heavy atom. The number of carbonyl (C=O) groups is 2. The summed E-state index contributed by atoms with van der Waals surface area (Å²) in [7, 11) is 0. The highest BCUT2D eigenvalue weighted by molar-refractivity contribution is 6.45. The molecule has 0 saturated heterocycles. The van der Waals surface area contributed by atoms with Gasteiger partial charge in [0.2, 0.25) is 0 Å². The van der Waals surface area contributed by atoms with E-state index in [4.69, 9.17) is 32.7 Å². The summed E-state index contributed by atoms with van der Waals surface area (Å²) in [6.07, 6.45) is -0.686. The van der Waals surface area contributed by atoms with Crippen LogP contribution in [0.25, 0.3) is 10.9 Å². The average molecular weight is 358 g/mol. The third-order valence-electron chi connectivity index (χ3n) is 2.93. The van der Waals surface area contributed by atoms with Gasteiger partial charge in [-0.2, -0.15) is 0 Å². The molecule has 0 bridgehead atoms. The molecule has 1 heterocycles. The van der Waals surface area contributed by atoms with E-state index in [1.807, 2.05) is 0 Å². The molecule has 0 aliphatic rings. The zero-order chi connectivity index (χ0) is 17.4. The Bertz CT molecular complexity index is 774. The maximum atomic E-state index is 12.5. The lowest BCUT2D eigenvalue weighted by Crippen LogP contribution is -2.29. The molecule has 0 unspecified atom stereocenters. The zero-order valence-corrected chi connectivity index (χ0v) is 14.8. The molecule has 0 aliphatic carbocycles. The highest BCUT2D eigenvalue weighted by atomic mass is 35.5. The lowest BCUT2D eigenvalue weighted by molar-refractivity contribution is 0.0454. The monoisotopic (exact) mass is 357 g/mol. The highest BCUT2D eigenvalue weighted by Gasteiger charge is 2.26. The molecular weight excluding hydrogens is 341 g/mol. The number of carbonyl (C=O) groups excluding carboxylic acids is 2. The van der Waals surface area contributed by atoms with E-state index in [0.717, 1.165) is 4.57 Å². The topological polar surface area (TPSA) is 57.5 Å². The van der Waals surface area contributed by atoms with Gasteiger partial charge in [-0.25, -0.2) is 14.2 Å². The third-order valence-corrected chi connectivity index (χ3v) is 3.75. The van der Waals surface area contributed by atoms with Crippen LogP contribution in [0.1, 0.15) is 38.2 Å². The van der Waals surface area contributed by atoms with Gasteiger partial charge in [0.05, 0.1) is 22.2 Å². The fourth-order valence-electron chi connectivity index (χ4n) is 2.08. The molecule has 1 aromatic carbocycles. The second kappa shape index (κ2) is 6.42. The fraction of sp³-hybridized carbons (Fsp3) is 0.375. The van der Waals surface area contributed by atoms with Crippen LogP contribution < -0.4 is 0 Å². The van der Waals surface area contributed by atoms with Gasteiger partial charge < -0.3 is 9.47 Å². The van der Waals surface area contributed by atoms with Crippen LogP contribution in [0, 0.1) is 0 Å². The van der Waals surface area contributed by atoms with Crippen molar-refractivity contribution in [1.82, 2.24) is 4.57 Å². The van der Waals surface area contributed by atoms with E-state index < -0.39 is 17.7 Å². The van der Waals surface area contributed by atoms with Crippen molar-refractivity contribution in [2.45, 2.75) is 33.3 Å². The van der Waals surface area contributed by atoms with Crippen LogP contribution in [0.3, 0.4) is 0 Å². The Morgan fingerprint density at radius 1 is 1.22 bits per heavy atom. The number of rotatable bonds is 2. The second-order valence-corrected chi connectivity index (χ2v) is 6.65. The minimum Gasteiger partial charge on any atom is -0.461 e. The molecule has 1 aromatic heterocycles. The summed E-state index contributed by atoms with van der Waals surface area (Å²) in [5, 5.41) is 1.07. The van der Waals surface area contributed by atoms with E-state index in [2.05, 4.69) is 0 Å². The minimum absolute atomic E-state index is 0.0419. The Kier molecular flexibility index (Phi) is 4.92. The number of hydrogen-bond donors (Lipinski definition) is 0. The van der Waals surface area contributed by atoms with Crippen LogP contribution >= 0.6 is 23.2 Å². The van der Waals surface area contributed by atoms with Crippen molar-refractivity contribution in [1.29, 1.82) is 0 Å². The lowest BCUT2D eigenvalue weighted by atomic mass is 10.2. The van der Waals surface area contributed by atoms with Crippen LogP contribution in [0.15, 0.2) is 18.2 Å². The largest absolute Gasteiger partial charge is 0.461 e. The normalized spacial score (nSPS) is 11.6. The first kappa shape index (κ1) is 17.6. The molecular formula is C16H17Cl2NO4. The number of ether oxygens (including phenoxy) is 2. The average Bonchev–Trinajstić information content (AvgIpc) is 2.81. The van der Waals surface area contributed by atoms with Crippen LogP contribution in [0.4, 0.5) is 4.79 Å². The van der Waals surface area contributed by atoms with E-state index >= 15 is 0 Å². The Balaban J connectivity index is 2.68. The van der Waals surface area contributed by atoms with Gasteiger partial charge in [0, 0.05) is 5.39 Å². The fourth-order valence-corrected chi connectivity index (χ4v) is 2.46. The summed E-state index contributed by atoms with van der Waals surface area (Å²) >= 11 is 12.2. The molecule has 0 N–H and O–H groups in total. The first-order valence-corrected chi connectivity index (χ1v) is 7.81. The van der Waals surface area contributed by atoms with Gasteiger partial charge in [0.25, 0.3) is 0 Å². The summed E-state index contributed by atoms with van der Waals surface area (Å²) in [5.74, 6) is -0.637. The van der Waals surface area contributed by atoms with Crippen LogP contribution in [-0.2, 0) is 9.47 Å². The van der Waals surface area contributed by atoms with E-state index in [-0.39, 0.29) is 17.3 Å². The van der Waals surface area contributed by atoms with Gasteiger partial charge in [-0.15, -0.1) is 0 Å². The van der Waals surface area contributed by atoms with Crippen molar-refractivity contribution in [3.8, 4) is 0 Å². The Morgan fingerprint density at radius 2 is 1.87 bits per heavy atom. The summed E-state index contributed by atoms with van der Waals surface area (Å²) in [4.78, 5) is 24.7. The molecule has 2 rings (SSSR count). The maximum absolute atomic E-state index is 12.5. The number of halogens is 2. The predicted octanol–water partition coefficient (Wildman–Crippen LogP) is 4.91. The van der Waals surface area contributed by atoms with E-state index in [0.29, 0.717) is 15.9 Å². The van der Waals surface area contributed by atoms with E-state index in [1.165, 1.54) is 6.07 Å². The SMILES string of the molecule is CCOC(=O)c1cc2c(Cl)c(Cl)ccc2n1C(=O)OC(C)(C)C. The summed E-state index contributed by atoms with van der Waals surface area (Å²) in [6, 6.07) is 4.64. The summed E-state index contributed by atoms with van der Waals surface area (Å²) in [5.41, 5.74) is -0.243. The third kappa shape index (κ3) is 3.62. The Labute approximate surface area is 144 Å². The van der Waals surface area contributed by atoms with Crippen molar-refractivity contribution >= 4 is 46.2 Å². The van der Waals surface area contributed by atoms with Crippen LogP contribution in [0.5, 0.6) is 0 Å². The number of esters is 1. The number of fused-ring (bicyclic) bond motifs is 1. The maximum Gasteiger partial charge on any atom is 0.419 e. The molecule has 0 spiro atoms. The van der Waals surface area contributed by atoms with Crippen molar-refractivity contribution in [2.24, 2.45) is 0 Å². The second-order valence-electron chi connectivity index (χ2n) is 5.86. The van der Waals surface area contributed by atoms with Crippen LogP contribution in [0.2, 0.25) is 10.0 Å². The number of benzene rings is 1. The standard InChI is InChI=1S/C16H17Cl2NO4/c1-5-22-14(20)12-8-9-11(7-6-10(17)13(9)18)19(12)15(21)23-16(2,3)4/h6-8H,5H2,1-4H3. The molecule has 124 valence electrons. The quantitative estimate of drug-likeness (QED) is 0.716. The molecule has 0 atom stereocenters. The number of nitrogens with zero attached hydrogens (tertiary/aromatic N) is 1.